The quantitative estimate of drug-likeness (QED) is 0.712. The van der Waals surface area contributed by atoms with E-state index in [-0.39, 0.29) is 18.0 Å². The van der Waals surface area contributed by atoms with Gasteiger partial charge in [-0.15, -0.1) is 11.3 Å². The fourth-order valence-corrected chi connectivity index (χ4v) is 4.67. The van der Waals surface area contributed by atoms with Crippen LogP contribution in [-0.4, -0.2) is 27.4 Å². The minimum atomic E-state index is -0.0966. The van der Waals surface area contributed by atoms with Crippen molar-refractivity contribution in [1.82, 2.24) is 14.5 Å². The van der Waals surface area contributed by atoms with Gasteiger partial charge in [0.05, 0.1) is 11.7 Å². The summed E-state index contributed by atoms with van der Waals surface area (Å²) in [5, 5.41) is 0.721. The molecule has 2 heterocycles. The fourth-order valence-electron chi connectivity index (χ4n) is 3.45. The zero-order valence-electron chi connectivity index (χ0n) is 15.0. The molecule has 134 valence electrons. The molecule has 4 rings (SSSR count). The molecule has 1 aromatic carbocycles. The maximum absolute atomic E-state index is 12.9. The Morgan fingerprint density at radius 1 is 1.27 bits per heavy atom. The zero-order valence-corrected chi connectivity index (χ0v) is 15.8. The number of thiophene rings is 1. The molecule has 26 heavy (non-hydrogen) atoms. The van der Waals surface area contributed by atoms with Crippen LogP contribution in [0.4, 0.5) is 0 Å². The van der Waals surface area contributed by atoms with Gasteiger partial charge < -0.3 is 4.90 Å². The van der Waals surface area contributed by atoms with E-state index >= 15 is 0 Å². The van der Waals surface area contributed by atoms with Gasteiger partial charge in [-0.3, -0.25) is 14.2 Å². The summed E-state index contributed by atoms with van der Waals surface area (Å²) in [5.74, 6) is -0.0966. The number of aryl methyl sites for hydroxylation is 3. The Morgan fingerprint density at radius 2 is 2.04 bits per heavy atom. The second-order valence-electron chi connectivity index (χ2n) is 6.95. The summed E-state index contributed by atoms with van der Waals surface area (Å²) in [6.45, 7) is 2.58. The van der Waals surface area contributed by atoms with Crippen LogP contribution < -0.4 is 5.56 Å². The highest BCUT2D eigenvalue weighted by Gasteiger charge is 2.22. The topological polar surface area (TPSA) is 55.2 Å². The van der Waals surface area contributed by atoms with Crippen LogP contribution in [0.2, 0.25) is 0 Å². The molecule has 0 radical (unpaired) electrons. The molecule has 2 aromatic heterocycles. The van der Waals surface area contributed by atoms with Gasteiger partial charge in [-0.05, 0) is 37.3 Å². The summed E-state index contributed by atoms with van der Waals surface area (Å²) in [4.78, 5) is 33.6. The average molecular weight is 367 g/mol. The van der Waals surface area contributed by atoms with E-state index in [0.717, 1.165) is 40.6 Å². The summed E-state index contributed by atoms with van der Waals surface area (Å²) in [7, 11) is 1.77. The lowest BCUT2D eigenvalue weighted by Gasteiger charge is -2.18. The molecule has 0 aliphatic heterocycles. The van der Waals surface area contributed by atoms with Crippen LogP contribution in [0.25, 0.3) is 10.2 Å². The number of aromatic nitrogens is 2. The van der Waals surface area contributed by atoms with Crippen LogP contribution in [0, 0.1) is 6.92 Å². The Balaban J connectivity index is 1.54. The van der Waals surface area contributed by atoms with Crippen molar-refractivity contribution in [2.24, 2.45) is 0 Å². The van der Waals surface area contributed by atoms with Gasteiger partial charge in [0, 0.05) is 18.5 Å². The number of likely N-dealkylation sites (N-methyl/N-ethyl adjacent to an activating group) is 1. The number of carbonyl (C=O) groups excluding carboxylic acids is 1. The fraction of sp³-hybridized carbons (Fsp3) is 0.350. The van der Waals surface area contributed by atoms with E-state index in [1.165, 1.54) is 21.3 Å². The Kier molecular flexibility index (Phi) is 4.36. The summed E-state index contributed by atoms with van der Waals surface area (Å²) in [5.41, 5.74) is 3.32. The minimum absolute atomic E-state index is 0.0226. The van der Waals surface area contributed by atoms with Crippen LogP contribution in [0.15, 0.2) is 35.4 Å². The lowest BCUT2D eigenvalue weighted by molar-refractivity contribution is -0.131. The normalized spacial score (nSPS) is 13.2. The number of carbonyl (C=O) groups is 1. The second kappa shape index (κ2) is 6.68. The van der Waals surface area contributed by atoms with Crippen molar-refractivity contribution in [3.8, 4) is 0 Å². The van der Waals surface area contributed by atoms with E-state index in [9.17, 15) is 9.59 Å². The molecule has 0 fully saturated rings. The van der Waals surface area contributed by atoms with Crippen molar-refractivity contribution >= 4 is 27.5 Å². The van der Waals surface area contributed by atoms with Gasteiger partial charge >= 0.3 is 0 Å². The summed E-state index contributed by atoms with van der Waals surface area (Å²) >= 11 is 1.62. The molecule has 0 bridgehead atoms. The van der Waals surface area contributed by atoms with Gasteiger partial charge in [-0.25, -0.2) is 4.98 Å². The molecule has 3 aromatic rings. The highest BCUT2D eigenvalue weighted by Crippen LogP contribution is 2.34. The lowest BCUT2D eigenvalue weighted by Crippen LogP contribution is -2.33. The smallest absolute Gasteiger partial charge is 0.262 e. The third kappa shape index (κ3) is 3.05. The number of fused-ring (bicyclic) bond motifs is 3. The zero-order chi connectivity index (χ0) is 18.3. The minimum Gasteiger partial charge on any atom is -0.340 e. The number of rotatable bonds is 4. The first-order valence-corrected chi connectivity index (χ1v) is 9.64. The SMILES string of the molecule is Cc1ccc(CN(C)C(=O)Cn2cnc3sc4c(c3c2=O)CCC4)cc1. The van der Waals surface area contributed by atoms with Crippen LogP contribution in [0.5, 0.6) is 0 Å². The van der Waals surface area contributed by atoms with Gasteiger partial charge in [0.2, 0.25) is 5.91 Å². The largest absolute Gasteiger partial charge is 0.340 e. The first-order chi connectivity index (χ1) is 12.5. The van der Waals surface area contributed by atoms with Crippen molar-refractivity contribution < 1.29 is 4.79 Å². The van der Waals surface area contributed by atoms with Gasteiger partial charge in [-0.2, -0.15) is 0 Å². The number of hydrogen-bond donors (Lipinski definition) is 0. The van der Waals surface area contributed by atoms with Crippen LogP contribution in [0.3, 0.4) is 0 Å². The molecule has 0 N–H and O–H groups in total. The molecular weight excluding hydrogens is 346 g/mol. The highest BCUT2D eigenvalue weighted by molar-refractivity contribution is 7.18. The van der Waals surface area contributed by atoms with E-state index in [4.69, 9.17) is 0 Å². The third-order valence-corrected chi connectivity index (χ3v) is 6.16. The van der Waals surface area contributed by atoms with Gasteiger partial charge in [0.1, 0.15) is 11.4 Å². The highest BCUT2D eigenvalue weighted by atomic mass is 32.1. The molecule has 1 amide bonds. The molecule has 1 aliphatic carbocycles. The molecule has 0 spiro atoms. The Labute approximate surface area is 155 Å². The molecule has 0 unspecified atom stereocenters. The van der Waals surface area contributed by atoms with Crippen molar-refractivity contribution in [3.63, 3.8) is 0 Å². The Morgan fingerprint density at radius 3 is 2.81 bits per heavy atom. The summed E-state index contributed by atoms with van der Waals surface area (Å²) in [6.07, 6.45) is 4.59. The van der Waals surface area contributed by atoms with Crippen molar-refractivity contribution in [2.45, 2.75) is 39.3 Å². The number of hydrogen-bond acceptors (Lipinski definition) is 4. The van der Waals surface area contributed by atoms with E-state index in [1.54, 1.807) is 23.3 Å². The molecule has 0 atom stereocenters. The maximum atomic E-state index is 12.9. The standard InChI is InChI=1S/C20H21N3O2S/c1-13-6-8-14(9-7-13)10-22(2)17(24)11-23-12-21-19-18(20(23)25)15-4-3-5-16(15)26-19/h6-9,12H,3-5,10-11H2,1-2H3. The van der Waals surface area contributed by atoms with E-state index < -0.39 is 0 Å². The summed E-state index contributed by atoms with van der Waals surface area (Å²) < 4.78 is 1.45. The maximum Gasteiger partial charge on any atom is 0.262 e. The van der Waals surface area contributed by atoms with Crippen LogP contribution in [-0.2, 0) is 30.7 Å². The van der Waals surface area contributed by atoms with Gasteiger partial charge in [0.25, 0.3) is 5.56 Å². The first-order valence-electron chi connectivity index (χ1n) is 8.82. The summed E-state index contributed by atoms with van der Waals surface area (Å²) in [6, 6.07) is 8.11. The van der Waals surface area contributed by atoms with E-state index in [0.29, 0.717) is 6.54 Å². The molecule has 0 saturated heterocycles. The van der Waals surface area contributed by atoms with Crippen molar-refractivity contribution in [2.75, 3.05) is 7.05 Å². The molecule has 5 nitrogen and oxygen atoms in total. The number of amides is 1. The predicted molar refractivity (Wildman–Crippen MR) is 104 cm³/mol. The number of benzene rings is 1. The van der Waals surface area contributed by atoms with Crippen LogP contribution in [0.1, 0.15) is 28.0 Å². The monoisotopic (exact) mass is 367 g/mol. The molecule has 0 saturated carbocycles. The number of nitrogens with zero attached hydrogens (tertiary/aromatic N) is 3. The predicted octanol–water partition coefficient (Wildman–Crippen LogP) is 2.91. The van der Waals surface area contributed by atoms with E-state index in [2.05, 4.69) is 4.98 Å². The average Bonchev–Trinajstić information content (AvgIpc) is 3.20. The van der Waals surface area contributed by atoms with Crippen molar-refractivity contribution in [1.29, 1.82) is 0 Å². The van der Waals surface area contributed by atoms with Crippen molar-refractivity contribution in [3.05, 3.63) is 62.5 Å². The second-order valence-corrected chi connectivity index (χ2v) is 8.03. The van der Waals surface area contributed by atoms with E-state index in [1.807, 2.05) is 31.2 Å². The van der Waals surface area contributed by atoms with Gasteiger partial charge in [0.15, 0.2) is 0 Å². The molecule has 6 heteroatoms. The third-order valence-electron chi connectivity index (χ3n) is 4.96. The van der Waals surface area contributed by atoms with Gasteiger partial charge in [-0.1, -0.05) is 29.8 Å². The van der Waals surface area contributed by atoms with Crippen LogP contribution >= 0.6 is 11.3 Å². The Hall–Kier alpha value is -2.47. The first kappa shape index (κ1) is 17.0. The molecular formula is C20H21N3O2S. The molecule has 1 aliphatic rings. The Bertz CT molecular complexity index is 1030. The lowest BCUT2D eigenvalue weighted by atomic mass is 10.1.